The number of benzene rings is 1. The molecule has 1 aromatic carbocycles. The molecule has 2 aliphatic rings. The number of pyridine rings is 1. The van der Waals surface area contributed by atoms with Crippen LogP contribution in [0.1, 0.15) is 5.56 Å². The Morgan fingerprint density at radius 2 is 1.75 bits per heavy atom. The van der Waals surface area contributed by atoms with Gasteiger partial charge in [0.2, 0.25) is 0 Å². The van der Waals surface area contributed by atoms with E-state index in [1.165, 1.54) is 16.8 Å². The molecule has 2 aliphatic heterocycles. The summed E-state index contributed by atoms with van der Waals surface area (Å²) >= 11 is 0. The van der Waals surface area contributed by atoms with Gasteiger partial charge in [0, 0.05) is 61.9 Å². The molecule has 4 heterocycles. The highest BCUT2D eigenvalue weighted by molar-refractivity contribution is 5.85. The lowest BCUT2D eigenvalue weighted by Gasteiger charge is -2.33. The third-order valence-corrected chi connectivity index (χ3v) is 5.72. The molecule has 0 saturated carbocycles. The molecule has 1 fully saturated rings. The van der Waals surface area contributed by atoms with Crippen LogP contribution in [0.15, 0.2) is 48.8 Å². The van der Waals surface area contributed by atoms with Crippen molar-refractivity contribution in [1.82, 2.24) is 20.1 Å². The summed E-state index contributed by atoms with van der Waals surface area (Å²) in [6.45, 7) is 5.03. The minimum Gasteiger partial charge on any atom is -0.384 e. The zero-order chi connectivity index (χ0) is 18.9. The number of likely N-dealkylation sites (N-methyl/N-ethyl adjacent to an activating group) is 1. The Morgan fingerprint density at radius 3 is 2.57 bits per heavy atom. The van der Waals surface area contributed by atoms with E-state index in [1.54, 1.807) is 0 Å². The van der Waals surface area contributed by atoms with Crippen LogP contribution in [0.25, 0.3) is 22.4 Å². The second-order valence-corrected chi connectivity index (χ2v) is 7.50. The molecule has 0 atom stereocenters. The summed E-state index contributed by atoms with van der Waals surface area (Å²) in [6, 6.07) is 12.7. The number of hydrogen-bond acceptors (Lipinski definition) is 6. The van der Waals surface area contributed by atoms with Crippen LogP contribution < -0.4 is 10.2 Å². The molecular weight excluding hydrogens is 348 g/mol. The van der Waals surface area contributed by atoms with E-state index in [0.717, 1.165) is 61.8 Å². The van der Waals surface area contributed by atoms with Crippen LogP contribution in [0.5, 0.6) is 0 Å². The quantitative estimate of drug-likeness (QED) is 0.763. The van der Waals surface area contributed by atoms with E-state index in [1.807, 2.05) is 12.4 Å². The Labute approximate surface area is 165 Å². The van der Waals surface area contributed by atoms with Crippen molar-refractivity contribution in [2.45, 2.75) is 6.42 Å². The summed E-state index contributed by atoms with van der Waals surface area (Å²) in [6.07, 6.45) is 4.70. The molecule has 1 saturated heterocycles. The summed E-state index contributed by atoms with van der Waals surface area (Å²) < 4.78 is 0. The molecule has 0 aliphatic carbocycles. The molecule has 1 N–H and O–H groups in total. The molecule has 142 valence electrons. The van der Waals surface area contributed by atoms with E-state index >= 15 is 0 Å². The smallest absolute Gasteiger partial charge is 0.151 e. The fourth-order valence-corrected chi connectivity index (χ4v) is 4.09. The predicted octanol–water partition coefficient (Wildman–Crippen LogP) is 2.93. The number of nitrogens with one attached hydrogen (secondary N) is 1. The molecule has 6 nitrogen and oxygen atoms in total. The van der Waals surface area contributed by atoms with Crippen molar-refractivity contribution >= 4 is 11.5 Å². The van der Waals surface area contributed by atoms with Crippen LogP contribution in [0.2, 0.25) is 0 Å². The standard InChI is InChI=1S/C22H24N6/c1-27-11-13-28(14-12-27)21-15-19(16-5-8-23-9-6-16)22(26-25-21)18-3-2-4-20-17(18)7-10-24-20/h2-6,8-9,15,24H,7,10-14H2,1H3. The van der Waals surface area contributed by atoms with Gasteiger partial charge in [0.25, 0.3) is 0 Å². The van der Waals surface area contributed by atoms with Crippen molar-refractivity contribution < 1.29 is 0 Å². The maximum atomic E-state index is 4.74. The highest BCUT2D eigenvalue weighted by Gasteiger charge is 2.22. The summed E-state index contributed by atoms with van der Waals surface area (Å²) in [5, 5.41) is 12.8. The average molecular weight is 372 g/mol. The van der Waals surface area contributed by atoms with Gasteiger partial charge < -0.3 is 15.1 Å². The Bertz CT molecular complexity index is 980. The zero-order valence-electron chi connectivity index (χ0n) is 16.1. The molecule has 6 heteroatoms. The minimum absolute atomic E-state index is 0.949. The monoisotopic (exact) mass is 372 g/mol. The summed E-state index contributed by atoms with van der Waals surface area (Å²) in [7, 11) is 2.17. The van der Waals surface area contributed by atoms with E-state index < -0.39 is 0 Å². The predicted molar refractivity (Wildman–Crippen MR) is 113 cm³/mol. The average Bonchev–Trinajstić information content (AvgIpc) is 3.24. The van der Waals surface area contributed by atoms with Gasteiger partial charge in [0.05, 0.1) is 0 Å². The SMILES string of the molecule is CN1CCN(c2cc(-c3ccncc3)c(-c3cccc4c3CCN4)nn2)CC1. The third kappa shape index (κ3) is 3.10. The van der Waals surface area contributed by atoms with Crippen molar-refractivity contribution in [3.63, 3.8) is 0 Å². The molecule has 3 aromatic rings. The van der Waals surface area contributed by atoms with Gasteiger partial charge in [-0.1, -0.05) is 12.1 Å². The van der Waals surface area contributed by atoms with Crippen molar-refractivity contribution in [3.05, 3.63) is 54.4 Å². The molecule has 0 unspecified atom stereocenters. The first kappa shape index (κ1) is 17.1. The van der Waals surface area contributed by atoms with E-state index in [0.29, 0.717) is 0 Å². The number of hydrogen-bond donors (Lipinski definition) is 1. The molecule has 0 spiro atoms. The highest BCUT2D eigenvalue weighted by Crippen LogP contribution is 2.37. The number of fused-ring (bicyclic) bond motifs is 1. The highest BCUT2D eigenvalue weighted by atomic mass is 15.3. The van der Waals surface area contributed by atoms with Gasteiger partial charge in [-0.15, -0.1) is 10.2 Å². The first-order valence-corrected chi connectivity index (χ1v) is 9.87. The summed E-state index contributed by atoms with van der Waals surface area (Å²) in [4.78, 5) is 8.87. The van der Waals surface area contributed by atoms with E-state index in [4.69, 9.17) is 5.10 Å². The lowest BCUT2D eigenvalue weighted by Crippen LogP contribution is -2.44. The second kappa shape index (κ2) is 7.20. The normalized spacial score (nSPS) is 16.7. The van der Waals surface area contributed by atoms with Gasteiger partial charge in [-0.25, -0.2) is 0 Å². The van der Waals surface area contributed by atoms with Gasteiger partial charge in [0.15, 0.2) is 5.82 Å². The molecule has 5 rings (SSSR count). The molecule has 2 aromatic heterocycles. The fourth-order valence-electron chi connectivity index (χ4n) is 4.09. The molecule has 28 heavy (non-hydrogen) atoms. The van der Waals surface area contributed by atoms with Gasteiger partial charge in [-0.3, -0.25) is 4.98 Å². The van der Waals surface area contributed by atoms with Crippen LogP contribution in [0.4, 0.5) is 11.5 Å². The number of aromatic nitrogens is 3. The summed E-state index contributed by atoms with van der Waals surface area (Å²) in [5.41, 5.74) is 6.91. The van der Waals surface area contributed by atoms with Crippen molar-refractivity contribution in [2.75, 3.05) is 50.0 Å². The van der Waals surface area contributed by atoms with Crippen LogP contribution in [0.3, 0.4) is 0 Å². The minimum atomic E-state index is 0.949. The molecule has 0 bridgehead atoms. The Kier molecular flexibility index (Phi) is 4.41. The number of anilines is 2. The third-order valence-electron chi connectivity index (χ3n) is 5.72. The van der Waals surface area contributed by atoms with Gasteiger partial charge in [-0.2, -0.15) is 0 Å². The van der Waals surface area contributed by atoms with Gasteiger partial charge in [-0.05, 0) is 48.9 Å². The second-order valence-electron chi connectivity index (χ2n) is 7.50. The van der Waals surface area contributed by atoms with Crippen molar-refractivity contribution in [2.24, 2.45) is 0 Å². The fraction of sp³-hybridized carbons (Fsp3) is 0.318. The van der Waals surface area contributed by atoms with Gasteiger partial charge in [0.1, 0.15) is 5.69 Å². The number of piperazine rings is 1. The lowest BCUT2D eigenvalue weighted by atomic mass is 9.96. The van der Waals surface area contributed by atoms with Crippen LogP contribution in [-0.2, 0) is 6.42 Å². The maximum absolute atomic E-state index is 4.74. The Morgan fingerprint density at radius 1 is 0.929 bits per heavy atom. The van der Waals surface area contributed by atoms with Crippen LogP contribution in [0, 0.1) is 0 Å². The van der Waals surface area contributed by atoms with Crippen molar-refractivity contribution in [3.8, 4) is 22.4 Å². The zero-order valence-corrected chi connectivity index (χ0v) is 16.1. The summed E-state index contributed by atoms with van der Waals surface area (Å²) in [5.74, 6) is 0.953. The van der Waals surface area contributed by atoms with Crippen LogP contribution in [-0.4, -0.2) is 59.9 Å². The number of rotatable bonds is 3. The molecular formula is C22H24N6. The van der Waals surface area contributed by atoms with E-state index in [2.05, 4.69) is 68.6 Å². The molecule has 0 amide bonds. The Balaban J connectivity index is 1.62. The first-order valence-electron chi connectivity index (χ1n) is 9.87. The largest absolute Gasteiger partial charge is 0.384 e. The Hall–Kier alpha value is -2.99. The molecule has 0 radical (unpaired) electrons. The van der Waals surface area contributed by atoms with E-state index in [-0.39, 0.29) is 0 Å². The maximum Gasteiger partial charge on any atom is 0.151 e. The topological polar surface area (TPSA) is 57.2 Å². The number of nitrogens with zero attached hydrogens (tertiary/aromatic N) is 5. The van der Waals surface area contributed by atoms with E-state index in [9.17, 15) is 0 Å². The van der Waals surface area contributed by atoms with Gasteiger partial charge >= 0.3 is 0 Å². The lowest BCUT2D eigenvalue weighted by molar-refractivity contribution is 0.312. The van der Waals surface area contributed by atoms with Crippen molar-refractivity contribution in [1.29, 1.82) is 0 Å². The van der Waals surface area contributed by atoms with Crippen LogP contribution >= 0.6 is 0 Å². The first-order chi connectivity index (χ1) is 13.8.